The zero-order chi connectivity index (χ0) is 16.6. The maximum absolute atomic E-state index is 13.0. The number of carbonyl (C=O) groups is 1. The lowest BCUT2D eigenvalue weighted by atomic mass is 9.86. The molecule has 0 saturated carbocycles. The lowest BCUT2D eigenvalue weighted by Gasteiger charge is -2.36. The molecule has 1 spiro atoms. The SMILES string of the molecule is O=C1NCc2ccccc2CC12CCCN2Cc1cccc(Cl)c1. The molecule has 1 N–H and O–H groups in total. The third-order valence-electron chi connectivity index (χ3n) is 5.35. The molecule has 2 aromatic rings. The fourth-order valence-corrected chi connectivity index (χ4v) is 4.33. The van der Waals surface area contributed by atoms with Crippen LogP contribution in [0.1, 0.15) is 29.5 Å². The molecule has 0 aliphatic carbocycles. The van der Waals surface area contributed by atoms with Crippen molar-refractivity contribution in [1.82, 2.24) is 10.2 Å². The number of fused-ring (bicyclic) bond motifs is 1. The van der Waals surface area contributed by atoms with Gasteiger partial charge >= 0.3 is 0 Å². The van der Waals surface area contributed by atoms with Crippen LogP contribution in [-0.4, -0.2) is 22.9 Å². The lowest BCUT2D eigenvalue weighted by Crippen LogP contribution is -2.55. The van der Waals surface area contributed by atoms with Gasteiger partial charge in [-0.1, -0.05) is 48.0 Å². The van der Waals surface area contributed by atoms with Gasteiger partial charge in [0.25, 0.3) is 0 Å². The van der Waals surface area contributed by atoms with Crippen molar-refractivity contribution in [3.05, 3.63) is 70.2 Å². The highest BCUT2D eigenvalue weighted by atomic mass is 35.5. The molecule has 4 heteroatoms. The number of hydrogen-bond acceptors (Lipinski definition) is 2. The van der Waals surface area contributed by atoms with E-state index in [1.54, 1.807) is 0 Å². The summed E-state index contributed by atoms with van der Waals surface area (Å²) in [6, 6.07) is 16.3. The third kappa shape index (κ3) is 2.72. The van der Waals surface area contributed by atoms with Crippen LogP contribution in [-0.2, 0) is 24.3 Å². The van der Waals surface area contributed by atoms with Crippen LogP contribution in [0.25, 0.3) is 0 Å². The Morgan fingerprint density at radius 3 is 2.79 bits per heavy atom. The van der Waals surface area contributed by atoms with E-state index in [9.17, 15) is 4.79 Å². The minimum Gasteiger partial charge on any atom is -0.350 e. The van der Waals surface area contributed by atoms with Crippen molar-refractivity contribution in [3.8, 4) is 0 Å². The third-order valence-corrected chi connectivity index (χ3v) is 5.58. The van der Waals surface area contributed by atoms with Crippen LogP contribution in [0.3, 0.4) is 0 Å². The van der Waals surface area contributed by atoms with Crippen LogP contribution in [0.4, 0.5) is 0 Å². The smallest absolute Gasteiger partial charge is 0.241 e. The quantitative estimate of drug-likeness (QED) is 0.906. The van der Waals surface area contributed by atoms with Gasteiger partial charge in [0.05, 0.1) is 0 Å². The number of rotatable bonds is 2. The zero-order valence-electron chi connectivity index (χ0n) is 13.6. The van der Waals surface area contributed by atoms with Crippen LogP contribution in [0.2, 0.25) is 5.02 Å². The minimum atomic E-state index is -0.436. The van der Waals surface area contributed by atoms with E-state index in [0.29, 0.717) is 6.54 Å². The molecule has 1 saturated heterocycles. The van der Waals surface area contributed by atoms with Crippen molar-refractivity contribution in [2.45, 2.75) is 37.9 Å². The number of amides is 1. The molecule has 124 valence electrons. The van der Waals surface area contributed by atoms with E-state index in [-0.39, 0.29) is 5.91 Å². The number of halogens is 1. The molecule has 0 aromatic heterocycles. The molecule has 24 heavy (non-hydrogen) atoms. The normalized spacial score (nSPS) is 23.8. The summed E-state index contributed by atoms with van der Waals surface area (Å²) in [5.74, 6) is 0.165. The van der Waals surface area contributed by atoms with E-state index in [1.807, 2.05) is 24.3 Å². The Hall–Kier alpha value is -1.84. The van der Waals surface area contributed by atoms with Crippen molar-refractivity contribution in [1.29, 1.82) is 0 Å². The van der Waals surface area contributed by atoms with E-state index >= 15 is 0 Å². The number of nitrogens with zero attached hydrogens (tertiary/aromatic N) is 1. The van der Waals surface area contributed by atoms with Crippen molar-refractivity contribution >= 4 is 17.5 Å². The summed E-state index contributed by atoms with van der Waals surface area (Å²) in [6.45, 7) is 2.33. The molecule has 1 fully saturated rings. The second kappa shape index (κ2) is 6.23. The first-order chi connectivity index (χ1) is 11.7. The second-order valence-corrected chi connectivity index (χ2v) is 7.25. The maximum Gasteiger partial charge on any atom is 0.241 e. The van der Waals surface area contributed by atoms with Crippen LogP contribution in [0.5, 0.6) is 0 Å². The fraction of sp³-hybridized carbons (Fsp3) is 0.350. The first-order valence-corrected chi connectivity index (χ1v) is 8.90. The Labute approximate surface area is 147 Å². The summed E-state index contributed by atoms with van der Waals surface area (Å²) in [5.41, 5.74) is 3.25. The molecule has 0 bridgehead atoms. The Kier molecular flexibility index (Phi) is 4.07. The molecule has 2 heterocycles. The Balaban J connectivity index is 1.67. The minimum absolute atomic E-state index is 0.165. The summed E-state index contributed by atoms with van der Waals surface area (Å²) < 4.78 is 0. The van der Waals surface area contributed by atoms with Crippen molar-refractivity contribution < 1.29 is 4.79 Å². The number of likely N-dealkylation sites (tertiary alicyclic amines) is 1. The lowest BCUT2D eigenvalue weighted by molar-refractivity contribution is -0.132. The van der Waals surface area contributed by atoms with Gasteiger partial charge in [0, 0.05) is 24.5 Å². The second-order valence-electron chi connectivity index (χ2n) is 6.81. The number of benzene rings is 2. The molecule has 1 atom stereocenters. The molecule has 3 nitrogen and oxygen atoms in total. The maximum atomic E-state index is 13.0. The van der Waals surface area contributed by atoms with Gasteiger partial charge in [0.2, 0.25) is 5.91 Å². The predicted molar refractivity (Wildman–Crippen MR) is 95.8 cm³/mol. The van der Waals surface area contributed by atoms with Gasteiger partial charge in [-0.05, 0) is 48.2 Å². The van der Waals surface area contributed by atoms with Gasteiger partial charge in [-0.15, -0.1) is 0 Å². The van der Waals surface area contributed by atoms with E-state index < -0.39 is 5.54 Å². The van der Waals surface area contributed by atoms with Gasteiger partial charge in [-0.2, -0.15) is 0 Å². The van der Waals surface area contributed by atoms with Gasteiger partial charge in [0.15, 0.2) is 0 Å². The Morgan fingerprint density at radius 2 is 1.96 bits per heavy atom. The van der Waals surface area contributed by atoms with Crippen molar-refractivity contribution in [3.63, 3.8) is 0 Å². The standard InChI is InChI=1S/C20H21ClN2O/c21-18-8-3-5-15(11-18)14-23-10-4-9-20(23)12-16-6-1-2-7-17(16)13-22-19(20)24/h1-3,5-8,11H,4,9-10,12-14H2,(H,22,24). The monoisotopic (exact) mass is 340 g/mol. The number of hydrogen-bond donors (Lipinski definition) is 1. The van der Waals surface area contributed by atoms with Crippen LogP contribution >= 0.6 is 11.6 Å². The highest BCUT2D eigenvalue weighted by Gasteiger charge is 2.48. The Bertz CT molecular complexity index is 776. The van der Waals surface area contributed by atoms with Crippen LogP contribution in [0.15, 0.2) is 48.5 Å². The predicted octanol–water partition coefficient (Wildman–Crippen LogP) is 3.55. The van der Waals surface area contributed by atoms with Gasteiger partial charge < -0.3 is 5.32 Å². The number of nitrogens with one attached hydrogen (secondary N) is 1. The van der Waals surface area contributed by atoms with Crippen molar-refractivity contribution in [2.75, 3.05) is 6.54 Å². The largest absolute Gasteiger partial charge is 0.350 e. The summed E-state index contributed by atoms with van der Waals surface area (Å²) in [5, 5.41) is 3.90. The molecule has 2 aliphatic rings. The highest BCUT2D eigenvalue weighted by molar-refractivity contribution is 6.30. The molecule has 1 unspecified atom stereocenters. The highest BCUT2D eigenvalue weighted by Crippen LogP contribution is 2.36. The summed E-state index contributed by atoms with van der Waals surface area (Å²) in [7, 11) is 0. The van der Waals surface area contributed by atoms with E-state index in [0.717, 1.165) is 42.9 Å². The van der Waals surface area contributed by atoms with E-state index in [2.05, 4.69) is 34.5 Å². The summed E-state index contributed by atoms with van der Waals surface area (Å²) in [6.07, 6.45) is 2.75. The molecule has 4 rings (SSSR count). The molecule has 0 radical (unpaired) electrons. The fourth-order valence-electron chi connectivity index (χ4n) is 4.12. The van der Waals surface area contributed by atoms with Gasteiger partial charge in [0.1, 0.15) is 5.54 Å². The summed E-state index contributed by atoms with van der Waals surface area (Å²) >= 11 is 6.13. The molecular weight excluding hydrogens is 320 g/mol. The summed E-state index contributed by atoms with van der Waals surface area (Å²) in [4.78, 5) is 15.3. The zero-order valence-corrected chi connectivity index (χ0v) is 14.4. The topological polar surface area (TPSA) is 32.3 Å². The average molecular weight is 341 g/mol. The molecule has 2 aromatic carbocycles. The van der Waals surface area contributed by atoms with Crippen LogP contribution < -0.4 is 5.32 Å². The van der Waals surface area contributed by atoms with Gasteiger partial charge in [-0.3, -0.25) is 9.69 Å². The van der Waals surface area contributed by atoms with Crippen LogP contribution in [0, 0.1) is 0 Å². The van der Waals surface area contributed by atoms with E-state index in [1.165, 1.54) is 11.1 Å². The van der Waals surface area contributed by atoms with Crippen molar-refractivity contribution in [2.24, 2.45) is 0 Å². The Morgan fingerprint density at radius 1 is 1.12 bits per heavy atom. The molecule has 2 aliphatic heterocycles. The molecule has 1 amide bonds. The first-order valence-electron chi connectivity index (χ1n) is 8.52. The average Bonchev–Trinajstić information content (AvgIpc) is 2.90. The first kappa shape index (κ1) is 15.7. The number of carbonyl (C=O) groups excluding carboxylic acids is 1. The van der Waals surface area contributed by atoms with Gasteiger partial charge in [-0.25, -0.2) is 0 Å². The van der Waals surface area contributed by atoms with E-state index in [4.69, 9.17) is 11.6 Å². The molecular formula is C20H21ClN2O.